The molecule has 27 heavy (non-hydrogen) atoms. The Morgan fingerprint density at radius 1 is 1.37 bits per heavy atom. The lowest BCUT2D eigenvalue weighted by atomic mass is 9.96. The SMILES string of the molecule is CCNC(=NCCC(C)N(C)C(=O)OC(C)(C)C)NC1CC2CCC1O2.I. The maximum Gasteiger partial charge on any atom is 0.410 e. The van der Waals surface area contributed by atoms with Gasteiger partial charge in [-0.25, -0.2) is 4.79 Å². The van der Waals surface area contributed by atoms with Crippen molar-refractivity contribution < 1.29 is 14.3 Å². The zero-order valence-electron chi connectivity index (χ0n) is 17.6. The zero-order valence-corrected chi connectivity index (χ0v) is 19.9. The van der Waals surface area contributed by atoms with Gasteiger partial charge in [0.05, 0.1) is 18.2 Å². The molecule has 0 aliphatic carbocycles. The quantitative estimate of drug-likeness (QED) is 0.336. The number of hydrogen-bond donors (Lipinski definition) is 2. The maximum atomic E-state index is 12.1. The average Bonchev–Trinajstić information content (AvgIpc) is 3.15. The highest BCUT2D eigenvalue weighted by Gasteiger charge is 2.41. The molecule has 8 heteroatoms. The van der Waals surface area contributed by atoms with Crippen LogP contribution in [0.25, 0.3) is 0 Å². The van der Waals surface area contributed by atoms with Gasteiger partial charge in [0.1, 0.15) is 5.60 Å². The van der Waals surface area contributed by atoms with Crippen LogP contribution in [0, 0.1) is 0 Å². The van der Waals surface area contributed by atoms with E-state index in [0.717, 1.165) is 31.8 Å². The van der Waals surface area contributed by atoms with Crippen LogP contribution < -0.4 is 10.6 Å². The molecule has 0 saturated carbocycles. The fourth-order valence-electron chi connectivity index (χ4n) is 3.36. The third-order valence-electron chi connectivity index (χ3n) is 4.93. The van der Waals surface area contributed by atoms with E-state index in [1.165, 1.54) is 6.42 Å². The number of nitrogens with zero attached hydrogens (tertiary/aromatic N) is 2. The van der Waals surface area contributed by atoms with Gasteiger partial charge in [0.2, 0.25) is 0 Å². The molecular weight excluding hydrogens is 459 g/mol. The number of ether oxygens (including phenoxy) is 2. The molecule has 7 nitrogen and oxygen atoms in total. The highest BCUT2D eigenvalue weighted by molar-refractivity contribution is 14.0. The molecule has 1 amide bonds. The maximum absolute atomic E-state index is 12.1. The molecule has 2 saturated heterocycles. The molecule has 2 rings (SSSR count). The van der Waals surface area contributed by atoms with Crippen LogP contribution in [0.5, 0.6) is 0 Å². The molecule has 2 heterocycles. The van der Waals surface area contributed by atoms with Gasteiger partial charge >= 0.3 is 6.09 Å². The highest BCUT2D eigenvalue weighted by atomic mass is 127. The molecule has 0 aromatic heterocycles. The molecule has 2 bridgehead atoms. The van der Waals surface area contributed by atoms with Gasteiger partial charge in [0, 0.05) is 26.2 Å². The topological polar surface area (TPSA) is 75.2 Å². The molecule has 4 unspecified atom stereocenters. The Morgan fingerprint density at radius 2 is 2.07 bits per heavy atom. The second-order valence-electron chi connectivity index (χ2n) is 8.35. The number of guanidine groups is 1. The van der Waals surface area contributed by atoms with Crippen molar-refractivity contribution in [2.75, 3.05) is 20.1 Å². The van der Waals surface area contributed by atoms with Gasteiger partial charge in [0.25, 0.3) is 0 Å². The van der Waals surface area contributed by atoms with Gasteiger partial charge in [0.15, 0.2) is 5.96 Å². The smallest absolute Gasteiger partial charge is 0.410 e. The van der Waals surface area contributed by atoms with Crippen molar-refractivity contribution in [2.24, 2.45) is 4.99 Å². The van der Waals surface area contributed by atoms with Gasteiger partial charge in [-0.05, 0) is 60.3 Å². The largest absolute Gasteiger partial charge is 0.444 e. The number of hydrogen-bond acceptors (Lipinski definition) is 4. The van der Waals surface area contributed by atoms with Crippen LogP contribution in [0.1, 0.15) is 60.3 Å². The summed E-state index contributed by atoms with van der Waals surface area (Å²) < 4.78 is 11.3. The Labute approximate surface area is 181 Å². The lowest BCUT2D eigenvalue weighted by Crippen LogP contribution is -2.47. The van der Waals surface area contributed by atoms with Crippen molar-refractivity contribution in [2.45, 2.75) is 90.2 Å². The van der Waals surface area contributed by atoms with Crippen molar-refractivity contribution in [1.29, 1.82) is 0 Å². The second-order valence-corrected chi connectivity index (χ2v) is 8.35. The molecule has 158 valence electrons. The van der Waals surface area contributed by atoms with E-state index in [0.29, 0.717) is 24.8 Å². The first-order valence-electron chi connectivity index (χ1n) is 9.85. The summed E-state index contributed by atoms with van der Waals surface area (Å²) >= 11 is 0. The first-order chi connectivity index (χ1) is 12.2. The first kappa shape index (κ1) is 24.3. The van der Waals surface area contributed by atoms with Crippen molar-refractivity contribution in [1.82, 2.24) is 15.5 Å². The first-order valence-corrected chi connectivity index (χ1v) is 9.85. The summed E-state index contributed by atoms with van der Waals surface area (Å²) in [4.78, 5) is 18.5. The third-order valence-corrected chi connectivity index (χ3v) is 4.93. The van der Waals surface area contributed by atoms with Crippen molar-refractivity contribution in [3.63, 3.8) is 0 Å². The Kier molecular flexibility index (Phi) is 9.61. The van der Waals surface area contributed by atoms with Gasteiger partial charge < -0.3 is 25.0 Å². The van der Waals surface area contributed by atoms with Crippen molar-refractivity contribution >= 4 is 36.0 Å². The summed E-state index contributed by atoms with van der Waals surface area (Å²) in [5, 5.41) is 6.82. The van der Waals surface area contributed by atoms with Crippen LogP contribution in [-0.4, -0.2) is 67.0 Å². The summed E-state index contributed by atoms with van der Waals surface area (Å²) in [7, 11) is 1.78. The summed E-state index contributed by atoms with van der Waals surface area (Å²) in [6, 6.07) is 0.413. The van der Waals surface area contributed by atoms with E-state index in [4.69, 9.17) is 9.47 Å². The third kappa shape index (κ3) is 7.63. The van der Waals surface area contributed by atoms with Crippen LogP contribution in [0.4, 0.5) is 4.79 Å². The second kappa shape index (κ2) is 10.7. The zero-order chi connectivity index (χ0) is 19.3. The van der Waals surface area contributed by atoms with Crippen LogP contribution in [0.15, 0.2) is 4.99 Å². The van der Waals surface area contributed by atoms with E-state index in [1.807, 2.05) is 27.7 Å². The number of carbonyl (C=O) groups is 1. The molecule has 4 atom stereocenters. The monoisotopic (exact) mass is 496 g/mol. The lowest BCUT2D eigenvalue weighted by molar-refractivity contribution is 0.0231. The van der Waals surface area contributed by atoms with E-state index in [-0.39, 0.29) is 36.1 Å². The Morgan fingerprint density at radius 3 is 2.59 bits per heavy atom. The molecular formula is C19H37IN4O3. The minimum absolute atomic E-state index is 0. The van der Waals surface area contributed by atoms with Crippen LogP contribution in [0.3, 0.4) is 0 Å². The standard InChI is InChI=1S/C19H36N4O3.HI/c1-7-20-17(22-15-12-14-8-9-16(15)25-14)21-11-10-13(2)23(6)18(24)26-19(3,4)5;/h13-16H,7-12H2,1-6H3,(H2,20,21,22);1H. The van der Waals surface area contributed by atoms with Crippen molar-refractivity contribution in [3.8, 4) is 0 Å². The summed E-state index contributed by atoms with van der Waals surface area (Å²) in [6.45, 7) is 11.2. The minimum Gasteiger partial charge on any atom is -0.444 e. The molecule has 2 fully saturated rings. The van der Waals surface area contributed by atoms with E-state index in [2.05, 4.69) is 22.5 Å². The number of rotatable bonds is 6. The minimum atomic E-state index is -0.478. The number of fused-ring (bicyclic) bond motifs is 2. The number of carbonyl (C=O) groups excluding carboxylic acids is 1. The summed E-state index contributed by atoms with van der Waals surface area (Å²) in [6.07, 6.45) is 4.61. The number of amides is 1. The summed E-state index contributed by atoms with van der Waals surface area (Å²) in [5.74, 6) is 0.834. The Hall–Kier alpha value is -0.770. The summed E-state index contributed by atoms with van der Waals surface area (Å²) in [5.41, 5.74) is -0.478. The normalized spacial score (nSPS) is 25.6. The van der Waals surface area contributed by atoms with Crippen LogP contribution >= 0.6 is 24.0 Å². The Balaban J connectivity index is 0.00000364. The van der Waals surface area contributed by atoms with Gasteiger partial charge in [-0.15, -0.1) is 24.0 Å². The molecule has 0 radical (unpaired) electrons. The molecule has 2 N–H and O–H groups in total. The number of nitrogens with one attached hydrogen (secondary N) is 2. The number of halogens is 1. The predicted octanol–water partition coefficient (Wildman–Crippen LogP) is 3.12. The Bertz CT molecular complexity index is 510. The molecule has 0 aromatic carbocycles. The van der Waals surface area contributed by atoms with E-state index < -0.39 is 5.60 Å². The number of aliphatic imine (C=N–C) groups is 1. The van der Waals surface area contributed by atoms with Gasteiger partial charge in [-0.3, -0.25) is 4.99 Å². The average molecular weight is 496 g/mol. The fourth-order valence-corrected chi connectivity index (χ4v) is 3.36. The fraction of sp³-hybridized carbons (Fsp3) is 0.895. The molecule has 0 spiro atoms. The predicted molar refractivity (Wildman–Crippen MR) is 119 cm³/mol. The van der Waals surface area contributed by atoms with Crippen molar-refractivity contribution in [3.05, 3.63) is 0 Å². The molecule has 2 aliphatic rings. The van der Waals surface area contributed by atoms with Gasteiger partial charge in [-0.2, -0.15) is 0 Å². The van der Waals surface area contributed by atoms with E-state index in [9.17, 15) is 4.79 Å². The van der Waals surface area contributed by atoms with E-state index >= 15 is 0 Å². The van der Waals surface area contributed by atoms with Crippen LogP contribution in [-0.2, 0) is 9.47 Å². The van der Waals surface area contributed by atoms with Crippen LogP contribution in [0.2, 0.25) is 0 Å². The highest BCUT2D eigenvalue weighted by Crippen LogP contribution is 2.34. The molecule has 2 aliphatic heterocycles. The molecule has 0 aromatic rings. The lowest BCUT2D eigenvalue weighted by Gasteiger charge is -2.28. The van der Waals surface area contributed by atoms with E-state index in [1.54, 1.807) is 11.9 Å². The van der Waals surface area contributed by atoms with Gasteiger partial charge in [-0.1, -0.05) is 0 Å².